The van der Waals surface area contributed by atoms with Gasteiger partial charge in [-0.2, -0.15) is 0 Å². The van der Waals surface area contributed by atoms with E-state index in [9.17, 15) is 14.4 Å². The van der Waals surface area contributed by atoms with Crippen molar-refractivity contribution in [1.29, 1.82) is 0 Å². The molecule has 0 amide bonds. The molecule has 0 aromatic heterocycles. The van der Waals surface area contributed by atoms with E-state index < -0.39 is 48.6 Å². The van der Waals surface area contributed by atoms with E-state index in [0.29, 0.717) is 5.90 Å². The zero-order valence-electron chi connectivity index (χ0n) is 13.3. The van der Waals surface area contributed by atoms with Crippen molar-refractivity contribution >= 4 is 23.8 Å². The molecule has 0 bridgehead atoms. The van der Waals surface area contributed by atoms with E-state index in [0.717, 1.165) is 0 Å². The largest absolute Gasteiger partial charge is 0.463 e. The van der Waals surface area contributed by atoms with E-state index in [4.69, 9.17) is 23.7 Å². The molecular formula is C14H19NO8. The van der Waals surface area contributed by atoms with Gasteiger partial charge in [0.1, 0.15) is 12.7 Å². The molecule has 2 heterocycles. The summed E-state index contributed by atoms with van der Waals surface area (Å²) in [6.45, 7) is 5.17. The van der Waals surface area contributed by atoms with Crippen LogP contribution in [-0.4, -0.2) is 61.1 Å². The number of rotatable bonds is 4. The Morgan fingerprint density at radius 2 is 1.65 bits per heavy atom. The van der Waals surface area contributed by atoms with Crippen LogP contribution in [0.15, 0.2) is 4.99 Å². The zero-order valence-corrected chi connectivity index (χ0v) is 13.3. The van der Waals surface area contributed by atoms with Crippen LogP contribution < -0.4 is 0 Å². The summed E-state index contributed by atoms with van der Waals surface area (Å²) in [7, 11) is 0. The van der Waals surface area contributed by atoms with Crippen molar-refractivity contribution in [2.45, 2.75) is 58.3 Å². The van der Waals surface area contributed by atoms with E-state index >= 15 is 0 Å². The van der Waals surface area contributed by atoms with E-state index in [1.165, 1.54) is 20.8 Å². The van der Waals surface area contributed by atoms with Gasteiger partial charge in [-0.3, -0.25) is 14.4 Å². The molecular weight excluding hydrogens is 310 g/mol. The third-order valence-corrected chi connectivity index (χ3v) is 3.29. The van der Waals surface area contributed by atoms with Gasteiger partial charge in [-0.25, -0.2) is 4.99 Å². The molecule has 0 aromatic rings. The maximum Gasteiger partial charge on any atom is 0.303 e. The van der Waals surface area contributed by atoms with Crippen molar-refractivity contribution in [1.82, 2.24) is 0 Å². The highest BCUT2D eigenvalue weighted by molar-refractivity contribution is 5.75. The molecule has 0 saturated carbocycles. The Morgan fingerprint density at radius 1 is 1.04 bits per heavy atom. The lowest BCUT2D eigenvalue weighted by molar-refractivity contribution is -0.249. The van der Waals surface area contributed by atoms with Crippen LogP contribution in [0.3, 0.4) is 0 Å². The fourth-order valence-electron chi connectivity index (χ4n) is 2.53. The molecule has 0 aliphatic carbocycles. The van der Waals surface area contributed by atoms with Crippen LogP contribution in [0.4, 0.5) is 0 Å². The predicted octanol–water partition coefficient (Wildman–Crippen LogP) is -0.0450. The summed E-state index contributed by atoms with van der Waals surface area (Å²) < 4.78 is 26.5. The third kappa shape index (κ3) is 4.19. The van der Waals surface area contributed by atoms with E-state index in [2.05, 4.69) is 4.99 Å². The molecule has 0 unspecified atom stereocenters. The van der Waals surface area contributed by atoms with Gasteiger partial charge in [0.15, 0.2) is 24.1 Å². The molecule has 5 atom stereocenters. The summed E-state index contributed by atoms with van der Waals surface area (Å²) in [6, 6.07) is -0.656. The lowest BCUT2D eigenvalue weighted by Gasteiger charge is -2.40. The first kappa shape index (κ1) is 17.2. The van der Waals surface area contributed by atoms with Crippen molar-refractivity contribution in [3.05, 3.63) is 0 Å². The van der Waals surface area contributed by atoms with Crippen molar-refractivity contribution in [3.8, 4) is 0 Å². The Labute approximate surface area is 132 Å². The molecule has 0 aromatic carbocycles. The maximum absolute atomic E-state index is 11.4. The molecule has 1 saturated heterocycles. The van der Waals surface area contributed by atoms with Crippen molar-refractivity contribution in [2.24, 2.45) is 4.99 Å². The molecule has 0 radical (unpaired) electrons. The quantitative estimate of drug-likeness (QED) is 0.522. The standard InChI is InChI=1S/C14H19NO8/c1-6-15-11-13(22-9(4)18)12(21-8(3)17)10(5-19-7(2)16)23-14(11)20-6/h10-14H,5H2,1-4H3/t10-,11-,12-,13-,14-/m1/s1. The number of aliphatic imine (C=N–C) groups is 1. The van der Waals surface area contributed by atoms with Gasteiger partial charge in [-0.1, -0.05) is 0 Å². The van der Waals surface area contributed by atoms with Gasteiger partial charge in [-0.05, 0) is 0 Å². The normalized spacial score (nSPS) is 32.2. The Balaban J connectivity index is 2.26. The molecule has 23 heavy (non-hydrogen) atoms. The number of hydrogen-bond donors (Lipinski definition) is 0. The molecule has 1 fully saturated rings. The molecule has 0 N–H and O–H groups in total. The highest BCUT2D eigenvalue weighted by Gasteiger charge is 2.53. The summed E-state index contributed by atoms with van der Waals surface area (Å²) >= 11 is 0. The van der Waals surface area contributed by atoms with Crippen LogP contribution in [-0.2, 0) is 38.1 Å². The Bertz CT molecular complexity index is 531. The number of carbonyl (C=O) groups excluding carboxylic acids is 3. The van der Waals surface area contributed by atoms with Crippen LogP contribution in [0.5, 0.6) is 0 Å². The summed E-state index contributed by atoms with van der Waals surface area (Å²) in [4.78, 5) is 38.1. The van der Waals surface area contributed by atoms with E-state index in [-0.39, 0.29) is 6.61 Å². The predicted molar refractivity (Wildman–Crippen MR) is 74.4 cm³/mol. The minimum Gasteiger partial charge on any atom is -0.463 e. The van der Waals surface area contributed by atoms with Crippen LogP contribution in [0.1, 0.15) is 27.7 Å². The zero-order chi connectivity index (χ0) is 17.1. The molecule has 9 heteroatoms. The number of hydrogen-bond acceptors (Lipinski definition) is 9. The fraction of sp³-hybridized carbons (Fsp3) is 0.714. The second kappa shape index (κ2) is 6.95. The average molecular weight is 329 g/mol. The molecule has 2 aliphatic rings. The molecule has 9 nitrogen and oxygen atoms in total. The summed E-state index contributed by atoms with van der Waals surface area (Å²) in [5.41, 5.74) is 0. The topological polar surface area (TPSA) is 110 Å². The summed E-state index contributed by atoms with van der Waals surface area (Å²) in [5.74, 6) is -1.28. The Kier molecular flexibility index (Phi) is 5.19. The summed E-state index contributed by atoms with van der Waals surface area (Å²) in [6.07, 6.45) is -3.50. The van der Waals surface area contributed by atoms with Gasteiger partial charge < -0.3 is 23.7 Å². The second-order valence-electron chi connectivity index (χ2n) is 5.25. The summed E-state index contributed by atoms with van der Waals surface area (Å²) in [5, 5.41) is 0. The highest BCUT2D eigenvalue weighted by atomic mass is 16.7. The lowest BCUT2D eigenvalue weighted by Crippen LogP contribution is -2.60. The average Bonchev–Trinajstić information content (AvgIpc) is 2.78. The number of nitrogens with zero attached hydrogens (tertiary/aromatic N) is 1. The van der Waals surface area contributed by atoms with Crippen LogP contribution >= 0.6 is 0 Å². The van der Waals surface area contributed by atoms with Crippen molar-refractivity contribution in [2.75, 3.05) is 6.61 Å². The number of ether oxygens (including phenoxy) is 5. The SMILES string of the molecule is CC(=O)OC[C@H]1O[C@H]2OC(C)=N[C@@H]2[C@@H](OC(C)=O)[C@@H]1OC(C)=O. The van der Waals surface area contributed by atoms with E-state index in [1.54, 1.807) is 6.92 Å². The van der Waals surface area contributed by atoms with Crippen LogP contribution in [0.25, 0.3) is 0 Å². The Morgan fingerprint density at radius 3 is 2.22 bits per heavy atom. The van der Waals surface area contributed by atoms with Crippen molar-refractivity contribution in [3.63, 3.8) is 0 Å². The molecule has 2 rings (SSSR count). The minimum atomic E-state index is -0.963. The number of fused-ring (bicyclic) bond motifs is 1. The van der Waals surface area contributed by atoms with E-state index in [1.807, 2.05) is 0 Å². The van der Waals surface area contributed by atoms with Crippen molar-refractivity contribution < 1.29 is 38.1 Å². The fourth-order valence-corrected chi connectivity index (χ4v) is 2.53. The van der Waals surface area contributed by atoms with Gasteiger partial charge in [0.05, 0.1) is 0 Å². The molecule has 128 valence electrons. The van der Waals surface area contributed by atoms with Gasteiger partial charge in [0.25, 0.3) is 0 Å². The van der Waals surface area contributed by atoms with Gasteiger partial charge in [0, 0.05) is 27.7 Å². The number of esters is 3. The monoisotopic (exact) mass is 329 g/mol. The minimum absolute atomic E-state index is 0.170. The molecule has 2 aliphatic heterocycles. The van der Waals surface area contributed by atoms with Crippen LogP contribution in [0.2, 0.25) is 0 Å². The van der Waals surface area contributed by atoms with Gasteiger partial charge in [0.2, 0.25) is 6.29 Å². The first-order valence-electron chi connectivity index (χ1n) is 7.12. The lowest BCUT2D eigenvalue weighted by atomic mass is 9.97. The van der Waals surface area contributed by atoms with Gasteiger partial charge >= 0.3 is 17.9 Å². The van der Waals surface area contributed by atoms with Crippen LogP contribution in [0, 0.1) is 0 Å². The Hall–Kier alpha value is -2.16. The first-order valence-corrected chi connectivity index (χ1v) is 7.12. The number of carbonyl (C=O) groups is 3. The third-order valence-electron chi connectivity index (χ3n) is 3.29. The van der Waals surface area contributed by atoms with Gasteiger partial charge in [-0.15, -0.1) is 0 Å². The maximum atomic E-state index is 11.4. The molecule has 0 spiro atoms. The highest BCUT2D eigenvalue weighted by Crippen LogP contribution is 2.32. The second-order valence-corrected chi connectivity index (χ2v) is 5.25. The first-order chi connectivity index (χ1) is 10.8. The smallest absolute Gasteiger partial charge is 0.303 e.